The quantitative estimate of drug-likeness (QED) is 0.822. The maximum absolute atomic E-state index is 5.82. The molecule has 0 spiro atoms. The van der Waals surface area contributed by atoms with E-state index in [0.29, 0.717) is 16.5 Å². The van der Waals surface area contributed by atoms with Gasteiger partial charge in [-0.25, -0.2) is 0 Å². The third-order valence-corrected chi connectivity index (χ3v) is 2.39. The van der Waals surface area contributed by atoms with Crippen molar-refractivity contribution in [1.29, 1.82) is 0 Å². The van der Waals surface area contributed by atoms with Gasteiger partial charge in [0.2, 0.25) is 0 Å². The Morgan fingerprint density at radius 1 is 1.00 bits per heavy atom. The molecule has 1 aromatic heterocycles. The average Bonchev–Trinajstić information content (AvgIpc) is 2.24. The average molecular weight is 276 g/mol. The van der Waals surface area contributed by atoms with E-state index < -0.39 is 0 Å². The fraction of sp³-hybridized carbons (Fsp3) is 0. The molecule has 16 heavy (non-hydrogen) atoms. The van der Waals surface area contributed by atoms with E-state index in [-0.39, 0.29) is 10.3 Å². The molecule has 82 valence electrons. The Kier molecular flexibility index (Phi) is 3.49. The van der Waals surface area contributed by atoms with Crippen molar-refractivity contribution in [3.63, 3.8) is 0 Å². The Bertz CT molecular complexity index is 519. The summed E-state index contributed by atoms with van der Waals surface area (Å²) >= 11 is 17.3. The first kappa shape index (κ1) is 11.5. The van der Waals surface area contributed by atoms with Crippen LogP contribution in [-0.2, 0) is 0 Å². The minimum Gasteiger partial charge on any atom is -0.454 e. The molecular formula is C10H5Cl3N2O. The molecule has 0 radical (unpaired) electrons. The molecule has 0 aliphatic heterocycles. The number of rotatable bonds is 2. The molecule has 0 aliphatic carbocycles. The smallest absolute Gasteiger partial charge is 0.194 e. The first-order chi connectivity index (χ1) is 7.65. The molecule has 1 heterocycles. The molecule has 1 aromatic carbocycles. The number of aromatic nitrogens is 2. The molecule has 0 amide bonds. The molecule has 3 nitrogen and oxygen atoms in total. The summed E-state index contributed by atoms with van der Waals surface area (Å²) in [6.45, 7) is 0. The van der Waals surface area contributed by atoms with E-state index in [1.165, 1.54) is 6.07 Å². The monoisotopic (exact) mass is 274 g/mol. The second-order valence-electron chi connectivity index (χ2n) is 2.88. The topological polar surface area (TPSA) is 35.0 Å². The van der Waals surface area contributed by atoms with Gasteiger partial charge in [-0.05, 0) is 18.2 Å². The van der Waals surface area contributed by atoms with Crippen LogP contribution in [0.5, 0.6) is 11.5 Å². The highest BCUT2D eigenvalue weighted by atomic mass is 35.5. The Morgan fingerprint density at radius 2 is 1.81 bits per heavy atom. The molecule has 2 rings (SSSR count). The van der Waals surface area contributed by atoms with Gasteiger partial charge in [-0.15, -0.1) is 10.2 Å². The molecule has 0 bridgehead atoms. The van der Waals surface area contributed by atoms with Gasteiger partial charge in [0.05, 0.1) is 0 Å². The predicted octanol–water partition coefficient (Wildman–Crippen LogP) is 4.23. The molecule has 0 aliphatic rings. The van der Waals surface area contributed by atoms with Crippen LogP contribution in [0, 0.1) is 0 Å². The number of hydrogen-bond donors (Lipinski definition) is 0. The van der Waals surface area contributed by atoms with Crippen LogP contribution < -0.4 is 4.74 Å². The largest absolute Gasteiger partial charge is 0.454 e. The number of halogens is 3. The van der Waals surface area contributed by atoms with Crippen molar-refractivity contribution >= 4 is 34.8 Å². The number of hydrogen-bond acceptors (Lipinski definition) is 3. The highest BCUT2D eigenvalue weighted by Crippen LogP contribution is 2.29. The highest BCUT2D eigenvalue weighted by molar-refractivity contribution is 6.32. The standard InChI is InChI=1S/C10H5Cl3N2O/c11-6-2-1-3-7(4-6)16-8-5-9(12)14-15-10(8)13/h1-5H. The summed E-state index contributed by atoms with van der Waals surface area (Å²) in [6, 6.07) is 8.40. The third kappa shape index (κ3) is 2.76. The van der Waals surface area contributed by atoms with Crippen molar-refractivity contribution in [2.75, 3.05) is 0 Å². The SMILES string of the molecule is Clc1cccc(Oc2cc(Cl)nnc2Cl)c1. The molecular weight excluding hydrogens is 270 g/mol. The van der Waals surface area contributed by atoms with Crippen LogP contribution in [0.3, 0.4) is 0 Å². The molecule has 6 heteroatoms. The molecule has 0 N–H and O–H groups in total. The van der Waals surface area contributed by atoms with Crippen molar-refractivity contribution in [2.24, 2.45) is 0 Å². The highest BCUT2D eigenvalue weighted by Gasteiger charge is 2.06. The molecule has 0 saturated heterocycles. The van der Waals surface area contributed by atoms with E-state index in [1.54, 1.807) is 24.3 Å². The summed E-state index contributed by atoms with van der Waals surface area (Å²) in [4.78, 5) is 0. The first-order valence-electron chi connectivity index (χ1n) is 4.27. The second-order valence-corrected chi connectivity index (χ2v) is 4.06. The zero-order chi connectivity index (χ0) is 11.5. The van der Waals surface area contributed by atoms with Gasteiger partial charge in [0.25, 0.3) is 0 Å². The van der Waals surface area contributed by atoms with Crippen LogP contribution in [-0.4, -0.2) is 10.2 Å². The third-order valence-electron chi connectivity index (χ3n) is 1.71. The first-order valence-corrected chi connectivity index (χ1v) is 5.41. The van der Waals surface area contributed by atoms with E-state index in [1.807, 2.05) is 0 Å². The lowest BCUT2D eigenvalue weighted by Crippen LogP contribution is -1.90. The van der Waals surface area contributed by atoms with Gasteiger partial charge in [-0.2, -0.15) is 0 Å². The van der Waals surface area contributed by atoms with E-state index in [0.717, 1.165) is 0 Å². The Labute approximate surface area is 107 Å². The van der Waals surface area contributed by atoms with Gasteiger partial charge >= 0.3 is 0 Å². The molecule has 0 saturated carbocycles. The normalized spacial score (nSPS) is 10.2. The summed E-state index contributed by atoms with van der Waals surface area (Å²) < 4.78 is 5.47. The minimum absolute atomic E-state index is 0.143. The van der Waals surface area contributed by atoms with Gasteiger partial charge < -0.3 is 4.74 Å². The summed E-state index contributed by atoms with van der Waals surface area (Å²) in [6.07, 6.45) is 0. The van der Waals surface area contributed by atoms with Crippen LogP contribution in [0.2, 0.25) is 15.3 Å². The van der Waals surface area contributed by atoms with Crippen molar-refractivity contribution in [3.05, 3.63) is 45.7 Å². The molecule has 2 aromatic rings. The maximum atomic E-state index is 5.82. The van der Waals surface area contributed by atoms with Crippen molar-refractivity contribution in [3.8, 4) is 11.5 Å². The second kappa shape index (κ2) is 4.87. The number of ether oxygens (including phenoxy) is 1. The Morgan fingerprint density at radius 3 is 2.56 bits per heavy atom. The van der Waals surface area contributed by atoms with Crippen molar-refractivity contribution < 1.29 is 4.74 Å². The number of benzene rings is 1. The van der Waals surface area contributed by atoms with Crippen LogP contribution in [0.15, 0.2) is 30.3 Å². The Balaban J connectivity index is 2.30. The fourth-order valence-corrected chi connectivity index (χ4v) is 1.51. The van der Waals surface area contributed by atoms with E-state index in [9.17, 15) is 0 Å². The molecule has 0 fully saturated rings. The van der Waals surface area contributed by atoms with Crippen LogP contribution in [0.1, 0.15) is 0 Å². The van der Waals surface area contributed by atoms with Gasteiger partial charge in [-0.1, -0.05) is 40.9 Å². The van der Waals surface area contributed by atoms with E-state index in [4.69, 9.17) is 39.5 Å². The van der Waals surface area contributed by atoms with Gasteiger partial charge in [0, 0.05) is 11.1 Å². The zero-order valence-electron chi connectivity index (χ0n) is 7.82. The van der Waals surface area contributed by atoms with Gasteiger partial charge in [0.15, 0.2) is 16.1 Å². The van der Waals surface area contributed by atoms with Gasteiger partial charge in [-0.3, -0.25) is 0 Å². The van der Waals surface area contributed by atoms with Crippen molar-refractivity contribution in [2.45, 2.75) is 0 Å². The molecule has 0 atom stereocenters. The zero-order valence-corrected chi connectivity index (χ0v) is 10.1. The predicted molar refractivity (Wildman–Crippen MR) is 63.6 cm³/mol. The number of nitrogens with zero attached hydrogens (tertiary/aromatic N) is 2. The van der Waals surface area contributed by atoms with Crippen LogP contribution in [0.4, 0.5) is 0 Å². The minimum atomic E-state index is 0.143. The summed E-state index contributed by atoms with van der Waals surface area (Å²) in [5.74, 6) is 0.891. The summed E-state index contributed by atoms with van der Waals surface area (Å²) in [5, 5.41) is 8.12. The molecule has 0 unspecified atom stereocenters. The fourth-order valence-electron chi connectivity index (χ4n) is 1.07. The van der Waals surface area contributed by atoms with E-state index in [2.05, 4.69) is 10.2 Å². The van der Waals surface area contributed by atoms with Gasteiger partial charge in [0.1, 0.15) is 5.75 Å². The summed E-state index contributed by atoms with van der Waals surface area (Å²) in [5.41, 5.74) is 0. The van der Waals surface area contributed by atoms with Crippen molar-refractivity contribution in [1.82, 2.24) is 10.2 Å². The lowest BCUT2D eigenvalue weighted by atomic mass is 10.3. The van der Waals surface area contributed by atoms with Crippen LogP contribution >= 0.6 is 34.8 Å². The van der Waals surface area contributed by atoms with E-state index >= 15 is 0 Å². The summed E-state index contributed by atoms with van der Waals surface area (Å²) in [7, 11) is 0. The maximum Gasteiger partial charge on any atom is 0.194 e. The lowest BCUT2D eigenvalue weighted by molar-refractivity contribution is 0.479. The Hall–Kier alpha value is -1.03. The van der Waals surface area contributed by atoms with Crippen LogP contribution in [0.25, 0.3) is 0 Å². The lowest BCUT2D eigenvalue weighted by Gasteiger charge is -2.06.